The second kappa shape index (κ2) is 7.14. The molecule has 0 atom stereocenters. The van der Waals surface area contributed by atoms with Gasteiger partial charge in [0.05, 0.1) is 6.54 Å². The molecular formula is C19H27N5O. The Morgan fingerprint density at radius 3 is 2.64 bits per heavy atom. The zero-order valence-electron chi connectivity index (χ0n) is 15.0. The third-order valence-electron chi connectivity index (χ3n) is 5.49. The van der Waals surface area contributed by atoms with E-state index in [9.17, 15) is 5.11 Å². The van der Waals surface area contributed by atoms with Crippen LogP contribution in [0, 0.1) is 6.92 Å². The first-order valence-electron chi connectivity index (χ1n) is 9.33. The summed E-state index contributed by atoms with van der Waals surface area (Å²) in [6.07, 6.45) is 3.99. The van der Waals surface area contributed by atoms with E-state index in [0.717, 1.165) is 32.0 Å². The topological polar surface area (TPSA) is 57.4 Å². The summed E-state index contributed by atoms with van der Waals surface area (Å²) in [6.45, 7) is 8.10. The van der Waals surface area contributed by atoms with Gasteiger partial charge in [0.25, 0.3) is 0 Å². The van der Waals surface area contributed by atoms with Crippen molar-refractivity contribution < 1.29 is 5.11 Å². The van der Waals surface area contributed by atoms with Gasteiger partial charge in [-0.05, 0) is 49.4 Å². The van der Waals surface area contributed by atoms with Crippen molar-refractivity contribution in [1.29, 1.82) is 0 Å². The van der Waals surface area contributed by atoms with Gasteiger partial charge in [-0.15, -0.1) is 10.2 Å². The SMILES string of the molecule is Cc1cc(N2CCCCC2)ccc1CN1CCn2c(CO)nnc2C1. The van der Waals surface area contributed by atoms with Crippen molar-refractivity contribution in [2.45, 2.75) is 52.4 Å². The van der Waals surface area contributed by atoms with E-state index < -0.39 is 0 Å². The number of nitrogens with zero attached hydrogens (tertiary/aromatic N) is 5. The predicted molar refractivity (Wildman–Crippen MR) is 97.3 cm³/mol. The molecule has 0 amide bonds. The van der Waals surface area contributed by atoms with E-state index in [1.807, 2.05) is 4.57 Å². The van der Waals surface area contributed by atoms with E-state index in [4.69, 9.17) is 0 Å². The van der Waals surface area contributed by atoms with Gasteiger partial charge in [0.1, 0.15) is 12.4 Å². The second-order valence-electron chi connectivity index (χ2n) is 7.21. The molecule has 2 aliphatic heterocycles. The number of fused-ring (bicyclic) bond motifs is 1. The predicted octanol–water partition coefficient (Wildman–Crippen LogP) is 2.08. The second-order valence-corrected chi connectivity index (χ2v) is 7.21. The summed E-state index contributed by atoms with van der Waals surface area (Å²) in [7, 11) is 0. The molecule has 1 N–H and O–H groups in total. The number of hydrogen-bond acceptors (Lipinski definition) is 5. The van der Waals surface area contributed by atoms with Crippen molar-refractivity contribution in [3.05, 3.63) is 41.0 Å². The van der Waals surface area contributed by atoms with Crippen LogP contribution in [0.2, 0.25) is 0 Å². The highest BCUT2D eigenvalue weighted by Crippen LogP contribution is 2.24. The minimum atomic E-state index is -0.0376. The fourth-order valence-corrected chi connectivity index (χ4v) is 3.97. The molecular weight excluding hydrogens is 314 g/mol. The van der Waals surface area contributed by atoms with Gasteiger partial charge in [0.15, 0.2) is 5.82 Å². The van der Waals surface area contributed by atoms with Gasteiger partial charge in [0.2, 0.25) is 0 Å². The molecule has 1 fully saturated rings. The maximum atomic E-state index is 9.31. The third kappa shape index (κ3) is 3.41. The summed E-state index contributed by atoms with van der Waals surface area (Å²) in [6, 6.07) is 6.92. The molecule has 0 saturated carbocycles. The average Bonchev–Trinajstić information content (AvgIpc) is 3.06. The Hall–Kier alpha value is -1.92. The monoisotopic (exact) mass is 341 g/mol. The van der Waals surface area contributed by atoms with Crippen molar-refractivity contribution in [3.63, 3.8) is 0 Å². The van der Waals surface area contributed by atoms with Crippen molar-refractivity contribution in [1.82, 2.24) is 19.7 Å². The Morgan fingerprint density at radius 1 is 1.04 bits per heavy atom. The maximum absolute atomic E-state index is 9.31. The molecule has 0 unspecified atom stereocenters. The zero-order chi connectivity index (χ0) is 17.2. The molecule has 1 aromatic carbocycles. The van der Waals surface area contributed by atoms with Gasteiger partial charge in [-0.3, -0.25) is 4.90 Å². The van der Waals surface area contributed by atoms with Crippen LogP contribution in [-0.4, -0.2) is 44.4 Å². The quantitative estimate of drug-likeness (QED) is 0.923. The largest absolute Gasteiger partial charge is 0.388 e. The van der Waals surface area contributed by atoms with E-state index in [1.54, 1.807) is 0 Å². The van der Waals surface area contributed by atoms with Crippen LogP contribution in [0.4, 0.5) is 5.69 Å². The summed E-state index contributed by atoms with van der Waals surface area (Å²) in [5.74, 6) is 1.63. The van der Waals surface area contributed by atoms with E-state index in [1.165, 1.54) is 49.2 Å². The minimum Gasteiger partial charge on any atom is -0.388 e. The molecule has 25 heavy (non-hydrogen) atoms. The maximum Gasteiger partial charge on any atom is 0.158 e. The number of aryl methyl sites for hydroxylation is 1. The Kier molecular flexibility index (Phi) is 4.72. The molecule has 4 rings (SSSR count). The molecule has 3 heterocycles. The lowest BCUT2D eigenvalue weighted by Crippen LogP contribution is -2.34. The van der Waals surface area contributed by atoms with Crippen molar-refractivity contribution in [2.24, 2.45) is 0 Å². The Morgan fingerprint density at radius 2 is 1.88 bits per heavy atom. The number of rotatable bonds is 4. The first kappa shape index (κ1) is 16.5. The Bertz CT molecular complexity index is 735. The number of anilines is 1. The highest BCUT2D eigenvalue weighted by Gasteiger charge is 2.21. The lowest BCUT2D eigenvalue weighted by atomic mass is 10.0. The van der Waals surface area contributed by atoms with E-state index in [-0.39, 0.29) is 6.61 Å². The van der Waals surface area contributed by atoms with Crippen LogP contribution >= 0.6 is 0 Å². The minimum absolute atomic E-state index is 0.0376. The fraction of sp³-hybridized carbons (Fsp3) is 0.579. The third-order valence-corrected chi connectivity index (χ3v) is 5.49. The summed E-state index contributed by atoms with van der Waals surface area (Å²) in [4.78, 5) is 4.92. The van der Waals surface area contributed by atoms with Crippen LogP contribution in [-0.2, 0) is 26.2 Å². The molecule has 2 aliphatic rings. The lowest BCUT2D eigenvalue weighted by Gasteiger charge is -2.30. The number of hydrogen-bond donors (Lipinski definition) is 1. The first-order chi connectivity index (χ1) is 12.2. The van der Waals surface area contributed by atoms with Crippen LogP contribution in [0.15, 0.2) is 18.2 Å². The summed E-state index contributed by atoms with van der Waals surface area (Å²) in [5, 5.41) is 17.6. The molecule has 134 valence electrons. The molecule has 1 saturated heterocycles. The molecule has 0 spiro atoms. The summed E-state index contributed by atoms with van der Waals surface area (Å²) < 4.78 is 2.04. The van der Waals surface area contributed by atoms with Gasteiger partial charge in [-0.1, -0.05) is 6.07 Å². The zero-order valence-corrected chi connectivity index (χ0v) is 15.0. The molecule has 0 radical (unpaired) electrons. The van der Waals surface area contributed by atoms with Crippen LogP contribution in [0.5, 0.6) is 0 Å². The molecule has 0 aliphatic carbocycles. The first-order valence-corrected chi connectivity index (χ1v) is 9.33. The van der Waals surface area contributed by atoms with E-state index in [0.29, 0.717) is 5.82 Å². The number of benzene rings is 1. The highest BCUT2D eigenvalue weighted by molar-refractivity contribution is 5.51. The van der Waals surface area contributed by atoms with Crippen molar-refractivity contribution in [3.8, 4) is 0 Å². The summed E-state index contributed by atoms with van der Waals surface area (Å²) in [5.41, 5.74) is 4.12. The normalized spacial score (nSPS) is 18.4. The van der Waals surface area contributed by atoms with Crippen molar-refractivity contribution in [2.75, 3.05) is 24.5 Å². The Labute approximate surface area is 149 Å². The van der Waals surface area contributed by atoms with Gasteiger partial charge in [-0.2, -0.15) is 0 Å². The number of piperidine rings is 1. The van der Waals surface area contributed by atoms with Crippen LogP contribution in [0.1, 0.15) is 42.0 Å². The number of aliphatic hydroxyl groups is 1. The van der Waals surface area contributed by atoms with Gasteiger partial charge < -0.3 is 14.6 Å². The summed E-state index contributed by atoms with van der Waals surface area (Å²) >= 11 is 0. The lowest BCUT2D eigenvalue weighted by molar-refractivity contribution is 0.199. The van der Waals surface area contributed by atoms with E-state index in [2.05, 4.69) is 45.1 Å². The highest BCUT2D eigenvalue weighted by atomic mass is 16.3. The van der Waals surface area contributed by atoms with Crippen molar-refractivity contribution >= 4 is 5.69 Å². The van der Waals surface area contributed by atoms with Gasteiger partial charge in [0, 0.05) is 38.4 Å². The fourth-order valence-electron chi connectivity index (χ4n) is 3.97. The molecule has 6 heteroatoms. The van der Waals surface area contributed by atoms with E-state index >= 15 is 0 Å². The number of aliphatic hydroxyl groups excluding tert-OH is 1. The van der Waals surface area contributed by atoms with Crippen LogP contribution < -0.4 is 4.90 Å². The Balaban J connectivity index is 1.44. The van der Waals surface area contributed by atoms with Crippen LogP contribution in [0.3, 0.4) is 0 Å². The average molecular weight is 341 g/mol. The molecule has 0 bridgehead atoms. The van der Waals surface area contributed by atoms with Crippen LogP contribution in [0.25, 0.3) is 0 Å². The van der Waals surface area contributed by atoms with Gasteiger partial charge in [-0.25, -0.2) is 0 Å². The standard InChI is InChI=1S/C19H27N5O/c1-15-11-17(23-7-3-2-4-8-23)6-5-16(15)12-22-9-10-24-18(13-22)20-21-19(24)14-25/h5-6,11,25H,2-4,7-10,12-14H2,1H3. The van der Waals surface area contributed by atoms with Gasteiger partial charge >= 0.3 is 0 Å². The molecule has 2 aromatic rings. The molecule has 1 aromatic heterocycles. The molecule has 6 nitrogen and oxygen atoms in total. The smallest absolute Gasteiger partial charge is 0.158 e. The number of aromatic nitrogens is 3.